The summed E-state index contributed by atoms with van der Waals surface area (Å²) in [5.74, 6) is -1.15. The van der Waals surface area contributed by atoms with Gasteiger partial charge in [-0.15, -0.1) is 0 Å². The summed E-state index contributed by atoms with van der Waals surface area (Å²) in [6, 6.07) is -0.495. The van der Waals surface area contributed by atoms with Crippen molar-refractivity contribution in [2.45, 2.75) is 110 Å². The van der Waals surface area contributed by atoms with Crippen LogP contribution in [0.3, 0.4) is 0 Å². The minimum atomic E-state index is -2.79. The van der Waals surface area contributed by atoms with Crippen LogP contribution in [0.1, 0.15) is 106 Å². The Morgan fingerprint density at radius 1 is 1.07 bits per heavy atom. The van der Waals surface area contributed by atoms with E-state index in [1.807, 2.05) is 25.9 Å². The smallest absolute Gasteiger partial charge is 0.265 e. The number of aliphatic hydroxyl groups excluding tert-OH is 1. The Kier molecular flexibility index (Phi) is 9.35. The zero-order valence-corrected chi connectivity index (χ0v) is 30.2. The van der Waals surface area contributed by atoms with Gasteiger partial charge in [-0.05, 0) is 81.5 Å². The molecule has 0 spiro atoms. The number of unbranched alkanes of at least 4 members (excludes halogenated alkanes) is 2. The van der Waals surface area contributed by atoms with Crippen molar-refractivity contribution in [2.75, 3.05) is 27.3 Å². The lowest BCUT2D eigenvalue weighted by Crippen LogP contribution is -2.68. The third-order valence-electron chi connectivity index (χ3n) is 10.5. The maximum absolute atomic E-state index is 15.4. The summed E-state index contributed by atoms with van der Waals surface area (Å²) in [5.41, 5.74) is 0.624. The van der Waals surface area contributed by atoms with E-state index in [-0.39, 0.29) is 33.7 Å². The second kappa shape index (κ2) is 12.5. The fourth-order valence-corrected chi connectivity index (χ4v) is 8.45. The van der Waals surface area contributed by atoms with Crippen molar-refractivity contribution in [3.05, 3.63) is 39.9 Å². The first-order valence-electron chi connectivity index (χ1n) is 16.8. The van der Waals surface area contributed by atoms with E-state index >= 15 is 9.59 Å². The highest BCUT2D eigenvalue weighted by Gasteiger charge is 2.68. The first-order chi connectivity index (χ1) is 21.6. The van der Waals surface area contributed by atoms with Gasteiger partial charge in [0, 0.05) is 17.2 Å². The third kappa shape index (κ3) is 5.41. The maximum Gasteiger partial charge on any atom is 0.265 e. The number of aliphatic hydroxyl groups is 1. The second-order valence-electron chi connectivity index (χ2n) is 14.9. The number of fused-ring (bicyclic) bond motifs is 4. The van der Waals surface area contributed by atoms with Gasteiger partial charge in [0.1, 0.15) is 17.1 Å². The highest BCUT2D eigenvalue weighted by atomic mass is 28.4. The molecule has 252 valence electrons. The van der Waals surface area contributed by atoms with Crippen molar-refractivity contribution >= 4 is 25.6 Å². The third-order valence-corrected chi connectivity index (χ3v) is 15.0. The maximum atomic E-state index is 15.4. The SMILES string of the molecule is CCCCOc1cnc(C)c2c1C(O)=C1C(=O)[C@]3(O[Si](C)(C)C(C)(C)C)C(=O)c4c(OCCCC)noc4[C@@H](N(C)C)[C@@H]3C[C@@H]1C2. The van der Waals surface area contributed by atoms with Gasteiger partial charge in [-0.2, -0.15) is 0 Å². The summed E-state index contributed by atoms with van der Waals surface area (Å²) in [7, 11) is 1.04. The number of rotatable bonds is 11. The van der Waals surface area contributed by atoms with E-state index in [4.69, 9.17) is 18.4 Å². The van der Waals surface area contributed by atoms with Crippen LogP contribution in [-0.4, -0.2) is 72.9 Å². The number of ketones is 2. The number of nitrogens with zero attached hydrogens (tertiary/aromatic N) is 3. The van der Waals surface area contributed by atoms with Gasteiger partial charge in [-0.1, -0.05) is 47.5 Å². The molecule has 0 radical (unpaired) electrons. The molecule has 0 unspecified atom stereocenters. The Labute approximate surface area is 274 Å². The molecule has 2 heterocycles. The van der Waals surface area contributed by atoms with Gasteiger partial charge in [0.15, 0.2) is 19.7 Å². The molecule has 11 heteroatoms. The van der Waals surface area contributed by atoms with Crippen LogP contribution in [0.5, 0.6) is 11.6 Å². The van der Waals surface area contributed by atoms with Crippen LogP contribution < -0.4 is 9.47 Å². The zero-order valence-electron chi connectivity index (χ0n) is 29.2. The molecule has 46 heavy (non-hydrogen) atoms. The van der Waals surface area contributed by atoms with Gasteiger partial charge >= 0.3 is 0 Å². The van der Waals surface area contributed by atoms with E-state index in [1.54, 1.807) is 6.20 Å². The summed E-state index contributed by atoms with van der Waals surface area (Å²) in [6.07, 6.45) is 6.00. The molecule has 2 aromatic rings. The molecule has 0 amide bonds. The molecule has 3 aliphatic carbocycles. The van der Waals surface area contributed by atoms with Crippen LogP contribution in [-0.2, 0) is 15.6 Å². The zero-order chi connectivity index (χ0) is 33.8. The molecule has 0 bridgehead atoms. The van der Waals surface area contributed by atoms with E-state index in [0.717, 1.165) is 36.9 Å². The summed E-state index contributed by atoms with van der Waals surface area (Å²) >= 11 is 0. The molecule has 5 rings (SSSR count). The largest absolute Gasteiger partial charge is 0.507 e. The summed E-state index contributed by atoms with van der Waals surface area (Å²) in [4.78, 5) is 37.1. The Balaban J connectivity index is 1.76. The molecular weight excluding hydrogens is 602 g/mol. The fraction of sp³-hybridized carbons (Fsp3) is 0.657. The lowest BCUT2D eigenvalue weighted by Gasteiger charge is -2.55. The number of carbonyl (C=O) groups excluding carboxylic acids is 2. The molecule has 1 saturated carbocycles. The van der Waals surface area contributed by atoms with Gasteiger partial charge in [0.2, 0.25) is 11.6 Å². The first-order valence-corrected chi connectivity index (χ1v) is 19.7. The molecule has 0 saturated heterocycles. The van der Waals surface area contributed by atoms with Gasteiger partial charge in [0.25, 0.3) is 5.88 Å². The highest BCUT2D eigenvalue weighted by Crippen LogP contribution is 2.59. The molecule has 1 N–H and O–H groups in total. The number of ether oxygens (including phenoxy) is 2. The monoisotopic (exact) mass is 653 g/mol. The number of Topliss-reactive ketones (excluding diaryl/α,β-unsaturated/α-hetero) is 2. The van der Waals surface area contributed by atoms with Crippen LogP contribution >= 0.6 is 0 Å². The summed E-state index contributed by atoms with van der Waals surface area (Å²) in [6.45, 7) is 17.2. The molecule has 4 atom stereocenters. The van der Waals surface area contributed by atoms with E-state index in [9.17, 15) is 5.11 Å². The van der Waals surface area contributed by atoms with E-state index in [2.05, 4.69) is 57.9 Å². The Hall–Kier alpha value is -3.02. The van der Waals surface area contributed by atoms with Crippen molar-refractivity contribution in [2.24, 2.45) is 11.8 Å². The van der Waals surface area contributed by atoms with Crippen molar-refractivity contribution in [3.63, 3.8) is 0 Å². The number of aryl methyl sites for hydroxylation is 1. The van der Waals surface area contributed by atoms with Crippen molar-refractivity contribution in [1.82, 2.24) is 15.0 Å². The van der Waals surface area contributed by atoms with E-state index < -0.39 is 37.4 Å². The second-order valence-corrected chi connectivity index (χ2v) is 19.6. The van der Waals surface area contributed by atoms with Crippen molar-refractivity contribution in [3.8, 4) is 11.6 Å². The van der Waals surface area contributed by atoms with E-state index in [1.165, 1.54) is 0 Å². The lowest BCUT2D eigenvalue weighted by atomic mass is 9.57. The average Bonchev–Trinajstić information content (AvgIpc) is 3.38. The Morgan fingerprint density at radius 3 is 2.33 bits per heavy atom. The van der Waals surface area contributed by atoms with Gasteiger partial charge < -0.3 is 23.5 Å². The van der Waals surface area contributed by atoms with Crippen LogP contribution in [0, 0.1) is 18.8 Å². The van der Waals surface area contributed by atoms with Gasteiger partial charge in [-0.25, -0.2) is 0 Å². The predicted octanol–water partition coefficient (Wildman–Crippen LogP) is 7.03. The summed E-state index contributed by atoms with van der Waals surface area (Å²) < 4.78 is 25.2. The molecule has 0 aromatic carbocycles. The normalized spacial score (nSPS) is 24.5. The molecule has 2 aromatic heterocycles. The molecule has 10 nitrogen and oxygen atoms in total. The standard InChI is InChI=1S/C35H51N3O7Si/c1-11-13-15-42-24-19-36-20(3)22-17-21-18-23-28(38(7)8)30-27(33(37-44-30)43-16-14-12-2)32(41)35(23,45-46(9,10)34(4,5)6)31(40)25(21)29(39)26(22)24/h19,21,23,28,39H,11-18H2,1-10H3/t21-,23-,28-,35-/m0/s1. The number of pyridine rings is 1. The quantitative estimate of drug-likeness (QED) is 0.154. The number of hydrogen-bond donors (Lipinski definition) is 1. The molecular formula is C35H51N3O7Si. The van der Waals surface area contributed by atoms with Crippen molar-refractivity contribution in [1.29, 1.82) is 0 Å². The van der Waals surface area contributed by atoms with E-state index in [0.29, 0.717) is 43.1 Å². The summed E-state index contributed by atoms with van der Waals surface area (Å²) in [5, 5.41) is 16.0. The molecule has 3 aliphatic rings. The first kappa shape index (κ1) is 34.3. The van der Waals surface area contributed by atoms with Crippen LogP contribution in [0.25, 0.3) is 5.76 Å². The van der Waals surface area contributed by atoms with Gasteiger partial charge in [-0.3, -0.25) is 19.5 Å². The van der Waals surface area contributed by atoms with Crippen LogP contribution in [0.2, 0.25) is 18.1 Å². The number of carbonyl (C=O) groups is 2. The topological polar surface area (TPSA) is 124 Å². The average molecular weight is 654 g/mol. The lowest BCUT2D eigenvalue weighted by molar-refractivity contribution is -0.140. The fourth-order valence-electron chi connectivity index (χ4n) is 7.00. The van der Waals surface area contributed by atoms with Crippen molar-refractivity contribution < 1.29 is 33.1 Å². The highest BCUT2D eigenvalue weighted by molar-refractivity contribution is 6.74. The minimum absolute atomic E-state index is 0.0902. The Bertz CT molecular complexity index is 1540. The van der Waals surface area contributed by atoms with Gasteiger partial charge in [0.05, 0.1) is 31.0 Å². The van der Waals surface area contributed by atoms with Crippen LogP contribution in [0.15, 0.2) is 16.3 Å². The number of aromatic nitrogens is 2. The van der Waals surface area contributed by atoms with Crippen LogP contribution in [0.4, 0.5) is 0 Å². The molecule has 1 fully saturated rings. The molecule has 0 aliphatic heterocycles. The minimum Gasteiger partial charge on any atom is -0.507 e. The Morgan fingerprint density at radius 2 is 1.72 bits per heavy atom. The number of hydrogen-bond acceptors (Lipinski definition) is 10. The predicted molar refractivity (Wildman–Crippen MR) is 178 cm³/mol.